The highest BCUT2D eigenvalue weighted by atomic mass is 16.5. The van der Waals surface area contributed by atoms with E-state index in [2.05, 4.69) is 12.2 Å². The number of ether oxygens (including phenoxy) is 1. The number of nitrogens with one attached hydrogen (secondary N) is 1. The van der Waals surface area contributed by atoms with Crippen molar-refractivity contribution in [3.8, 4) is 5.75 Å². The summed E-state index contributed by atoms with van der Waals surface area (Å²) in [6.45, 7) is 5.76. The van der Waals surface area contributed by atoms with Gasteiger partial charge in [-0.15, -0.1) is 0 Å². The zero-order valence-corrected chi connectivity index (χ0v) is 17.6. The van der Waals surface area contributed by atoms with Crippen LogP contribution in [-0.2, 0) is 11.2 Å². The molecule has 0 saturated carbocycles. The van der Waals surface area contributed by atoms with E-state index in [1.807, 2.05) is 60.4 Å². The molecule has 2 aromatic carbocycles. The van der Waals surface area contributed by atoms with Crippen LogP contribution >= 0.6 is 0 Å². The summed E-state index contributed by atoms with van der Waals surface area (Å²) in [5, 5.41) is 3.09. The number of likely N-dealkylation sites (tertiary alicyclic amines) is 1. The van der Waals surface area contributed by atoms with Crippen molar-refractivity contribution in [2.24, 2.45) is 5.92 Å². The summed E-state index contributed by atoms with van der Waals surface area (Å²) < 4.78 is 5.86. The van der Waals surface area contributed by atoms with Gasteiger partial charge in [-0.25, -0.2) is 4.79 Å². The van der Waals surface area contributed by atoms with Gasteiger partial charge in [0.25, 0.3) is 0 Å². The standard InChI is InChI=1S/C24H29N3O3/c1-3-18-8-4-5-9-20(18)25-23(28)19-12-14-26(15-13-19)24(29)27-16-17(2)30-22-11-7-6-10-21(22)27/h4-11,17,19H,3,12-16H2,1-2H3,(H,25,28). The summed E-state index contributed by atoms with van der Waals surface area (Å²) >= 11 is 0. The third kappa shape index (κ3) is 4.13. The van der Waals surface area contributed by atoms with Crippen molar-refractivity contribution in [1.82, 2.24) is 4.90 Å². The number of carbonyl (C=O) groups is 2. The highest BCUT2D eigenvalue weighted by Crippen LogP contribution is 2.34. The van der Waals surface area contributed by atoms with E-state index in [1.165, 1.54) is 0 Å². The van der Waals surface area contributed by atoms with Gasteiger partial charge in [0.1, 0.15) is 11.9 Å². The second kappa shape index (κ2) is 8.78. The number of hydrogen-bond donors (Lipinski definition) is 1. The Balaban J connectivity index is 1.38. The van der Waals surface area contributed by atoms with E-state index in [1.54, 1.807) is 4.90 Å². The minimum Gasteiger partial charge on any atom is -0.487 e. The lowest BCUT2D eigenvalue weighted by molar-refractivity contribution is -0.121. The molecule has 0 radical (unpaired) electrons. The number of hydrogen-bond acceptors (Lipinski definition) is 3. The Morgan fingerprint density at radius 1 is 1.07 bits per heavy atom. The van der Waals surface area contributed by atoms with Gasteiger partial charge < -0.3 is 15.0 Å². The third-order valence-corrected chi connectivity index (χ3v) is 5.95. The molecule has 2 aliphatic rings. The number of rotatable bonds is 3. The van der Waals surface area contributed by atoms with E-state index in [4.69, 9.17) is 4.74 Å². The van der Waals surface area contributed by atoms with Gasteiger partial charge in [0.15, 0.2) is 0 Å². The molecular formula is C24H29N3O3. The first-order chi connectivity index (χ1) is 14.6. The molecule has 0 aromatic heterocycles. The number of carbonyl (C=O) groups excluding carboxylic acids is 2. The summed E-state index contributed by atoms with van der Waals surface area (Å²) in [7, 11) is 0. The lowest BCUT2D eigenvalue weighted by Gasteiger charge is -2.39. The van der Waals surface area contributed by atoms with Crippen LogP contribution in [0.15, 0.2) is 48.5 Å². The monoisotopic (exact) mass is 407 g/mol. The molecule has 2 aromatic rings. The van der Waals surface area contributed by atoms with Gasteiger partial charge in [-0.1, -0.05) is 37.3 Å². The van der Waals surface area contributed by atoms with Crippen LogP contribution in [0.1, 0.15) is 32.3 Å². The van der Waals surface area contributed by atoms with Crippen molar-refractivity contribution in [1.29, 1.82) is 0 Å². The molecule has 0 bridgehead atoms. The average Bonchev–Trinajstić information content (AvgIpc) is 2.78. The normalized spacial score (nSPS) is 19.1. The smallest absolute Gasteiger partial charge is 0.324 e. The molecule has 1 unspecified atom stereocenters. The number of anilines is 2. The minimum atomic E-state index is -0.0742. The van der Waals surface area contributed by atoms with Gasteiger partial charge in [0, 0.05) is 24.7 Å². The summed E-state index contributed by atoms with van der Waals surface area (Å²) in [5.74, 6) is 0.719. The van der Waals surface area contributed by atoms with Gasteiger partial charge in [-0.3, -0.25) is 9.69 Å². The van der Waals surface area contributed by atoms with Crippen LogP contribution in [-0.4, -0.2) is 42.6 Å². The van der Waals surface area contributed by atoms with Crippen molar-refractivity contribution in [2.75, 3.05) is 29.9 Å². The first kappa shape index (κ1) is 20.3. The number of piperidine rings is 1. The van der Waals surface area contributed by atoms with Crippen LogP contribution in [0.5, 0.6) is 5.75 Å². The molecule has 6 heteroatoms. The van der Waals surface area contributed by atoms with Gasteiger partial charge in [0.05, 0.1) is 12.2 Å². The van der Waals surface area contributed by atoms with Gasteiger partial charge in [-0.05, 0) is 49.9 Å². The molecule has 2 heterocycles. The lowest BCUT2D eigenvalue weighted by atomic mass is 9.95. The van der Waals surface area contributed by atoms with Crippen molar-refractivity contribution in [2.45, 2.75) is 39.2 Å². The molecule has 1 fully saturated rings. The molecule has 0 spiro atoms. The predicted octanol–water partition coefficient (Wildman–Crippen LogP) is 4.31. The second-order valence-corrected chi connectivity index (χ2v) is 8.05. The maximum atomic E-state index is 13.2. The quantitative estimate of drug-likeness (QED) is 0.825. The molecular weight excluding hydrogens is 378 g/mol. The first-order valence-corrected chi connectivity index (χ1v) is 10.8. The second-order valence-electron chi connectivity index (χ2n) is 8.05. The van der Waals surface area contributed by atoms with Crippen LogP contribution in [0.25, 0.3) is 0 Å². The molecule has 0 aliphatic carbocycles. The first-order valence-electron chi connectivity index (χ1n) is 10.8. The molecule has 4 rings (SSSR count). The molecule has 3 amide bonds. The molecule has 30 heavy (non-hydrogen) atoms. The third-order valence-electron chi connectivity index (χ3n) is 5.95. The summed E-state index contributed by atoms with van der Waals surface area (Å²) in [4.78, 5) is 29.7. The van der Waals surface area contributed by atoms with Crippen LogP contribution in [0.4, 0.5) is 16.2 Å². The molecule has 1 N–H and O–H groups in total. The molecule has 158 valence electrons. The van der Waals surface area contributed by atoms with Gasteiger partial charge in [-0.2, -0.15) is 0 Å². The number of fused-ring (bicyclic) bond motifs is 1. The number of benzene rings is 2. The number of para-hydroxylation sites is 3. The van der Waals surface area contributed by atoms with Crippen molar-refractivity contribution < 1.29 is 14.3 Å². The molecule has 1 saturated heterocycles. The van der Waals surface area contributed by atoms with Crippen LogP contribution in [0, 0.1) is 5.92 Å². The Kier molecular flexibility index (Phi) is 5.93. The molecule has 2 aliphatic heterocycles. The van der Waals surface area contributed by atoms with Crippen molar-refractivity contribution in [3.63, 3.8) is 0 Å². The fourth-order valence-electron chi connectivity index (χ4n) is 4.26. The van der Waals surface area contributed by atoms with E-state index in [0.29, 0.717) is 32.5 Å². The topological polar surface area (TPSA) is 61.9 Å². The van der Waals surface area contributed by atoms with Crippen LogP contribution in [0.2, 0.25) is 0 Å². The van der Waals surface area contributed by atoms with E-state index in [9.17, 15) is 9.59 Å². The van der Waals surface area contributed by atoms with E-state index in [-0.39, 0.29) is 24.0 Å². The number of urea groups is 1. The summed E-state index contributed by atoms with van der Waals surface area (Å²) in [6.07, 6.45) is 2.18. The number of amides is 3. The van der Waals surface area contributed by atoms with Gasteiger partial charge >= 0.3 is 6.03 Å². The van der Waals surface area contributed by atoms with Crippen molar-refractivity contribution in [3.05, 3.63) is 54.1 Å². The van der Waals surface area contributed by atoms with Crippen LogP contribution in [0.3, 0.4) is 0 Å². The zero-order chi connectivity index (χ0) is 21.1. The van der Waals surface area contributed by atoms with Crippen LogP contribution < -0.4 is 15.0 Å². The zero-order valence-electron chi connectivity index (χ0n) is 17.6. The van der Waals surface area contributed by atoms with Crippen molar-refractivity contribution >= 4 is 23.3 Å². The fraction of sp³-hybridized carbons (Fsp3) is 0.417. The van der Waals surface area contributed by atoms with E-state index in [0.717, 1.165) is 29.1 Å². The summed E-state index contributed by atoms with van der Waals surface area (Å²) in [5.41, 5.74) is 2.85. The number of nitrogens with zero attached hydrogens (tertiary/aromatic N) is 2. The lowest BCUT2D eigenvalue weighted by Crippen LogP contribution is -2.51. The number of aryl methyl sites for hydroxylation is 1. The van der Waals surface area contributed by atoms with Gasteiger partial charge in [0.2, 0.25) is 5.91 Å². The highest BCUT2D eigenvalue weighted by Gasteiger charge is 2.33. The molecule has 1 atom stereocenters. The Morgan fingerprint density at radius 2 is 1.77 bits per heavy atom. The maximum Gasteiger partial charge on any atom is 0.324 e. The highest BCUT2D eigenvalue weighted by molar-refractivity contribution is 5.95. The average molecular weight is 408 g/mol. The SMILES string of the molecule is CCc1ccccc1NC(=O)C1CCN(C(=O)N2CC(C)Oc3ccccc32)CC1. The largest absolute Gasteiger partial charge is 0.487 e. The van der Waals surface area contributed by atoms with E-state index < -0.39 is 0 Å². The maximum absolute atomic E-state index is 13.2. The Hall–Kier alpha value is -3.02. The molecule has 6 nitrogen and oxygen atoms in total. The Morgan fingerprint density at radius 3 is 2.53 bits per heavy atom. The fourth-order valence-corrected chi connectivity index (χ4v) is 4.26. The Bertz CT molecular complexity index is 921. The van der Waals surface area contributed by atoms with E-state index >= 15 is 0 Å². The minimum absolute atomic E-state index is 0.00668. The summed E-state index contributed by atoms with van der Waals surface area (Å²) in [6, 6.07) is 15.6. The predicted molar refractivity (Wildman–Crippen MR) is 118 cm³/mol. The Labute approximate surface area is 177 Å².